The van der Waals surface area contributed by atoms with Gasteiger partial charge < -0.3 is 52.1 Å². The summed E-state index contributed by atoms with van der Waals surface area (Å²) in [6.45, 7) is 12.0. The van der Waals surface area contributed by atoms with Crippen molar-refractivity contribution in [2.45, 2.75) is 123 Å². The van der Waals surface area contributed by atoms with Crippen LogP contribution in [0.3, 0.4) is 0 Å². The molecule has 21 heteroatoms. The Morgan fingerprint density at radius 2 is 0.780 bits per heavy atom. The van der Waals surface area contributed by atoms with E-state index in [0.29, 0.717) is 95.8 Å². The lowest BCUT2D eigenvalue weighted by molar-refractivity contribution is -0.152. The van der Waals surface area contributed by atoms with E-state index in [1.807, 2.05) is 0 Å². The standard InChI is InChI=1S/C61H78O21/c1-5-53(63)74-29-9-11-31-76-55(65)41-15-13-40(14-16-41)51(62)37-46-25-26-47(38-49(46)60(70)78-35-33-72-7-3)80-57(67)43-21-23-44(24-22-43)58(68)81-48-27-28-52(50(39-48)61(71)79-36-34-73-8-4)82-59(69)45-19-17-42(18-20-45)56(66)77-32-12-10-30-75-54(64)6-2/h5-6,25-28,38-45H,1-2,7-24,29-37H2,3-4H3. The van der Waals surface area contributed by atoms with Crippen LogP contribution >= 0.6 is 0 Å². The van der Waals surface area contributed by atoms with Gasteiger partial charge in [0, 0.05) is 37.7 Å². The summed E-state index contributed by atoms with van der Waals surface area (Å²) in [5.41, 5.74) is 0.288. The fourth-order valence-corrected chi connectivity index (χ4v) is 9.77. The largest absolute Gasteiger partial charge is 0.465 e. The first-order valence-electron chi connectivity index (χ1n) is 28.5. The molecule has 3 fully saturated rings. The Balaban J connectivity index is 1.12. The van der Waals surface area contributed by atoms with E-state index in [-0.39, 0.29) is 143 Å². The highest BCUT2D eigenvalue weighted by atomic mass is 16.6. The molecule has 0 amide bonds. The Morgan fingerprint density at radius 1 is 0.415 bits per heavy atom. The van der Waals surface area contributed by atoms with Crippen LogP contribution in [0.1, 0.15) is 143 Å². The number of rotatable bonds is 33. The minimum Gasteiger partial charge on any atom is -0.465 e. The van der Waals surface area contributed by atoms with E-state index in [0.717, 1.165) is 12.2 Å². The van der Waals surface area contributed by atoms with Gasteiger partial charge >= 0.3 is 53.7 Å². The lowest BCUT2D eigenvalue weighted by Crippen LogP contribution is -2.30. The molecule has 0 saturated heterocycles. The molecule has 3 aliphatic rings. The van der Waals surface area contributed by atoms with E-state index in [2.05, 4.69) is 13.2 Å². The summed E-state index contributed by atoms with van der Waals surface area (Å²) in [5.74, 6) is -8.06. The summed E-state index contributed by atoms with van der Waals surface area (Å²) < 4.78 is 59.5. The van der Waals surface area contributed by atoms with Gasteiger partial charge in [0.25, 0.3) is 0 Å². The van der Waals surface area contributed by atoms with Crippen LogP contribution in [-0.2, 0) is 82.7 Å². The molecular formula is C61H78O21. The van der Waals surface area contributed by atoms with Gasteiger partial charge in [-0.15, -0.1) is 0 Å². The van der Waals surface area contributed by atoms with Gasteiger partial charge in [-0.1, -0.05) is 19.2 Å². The lowest BCUT2D eigenvalue weighted by Gasteiger charge is -2.27. The number of Topliss-reactive ketones (excluding diaryl/α,β-unsaturated/α-hetero) is 1. The number of esters is 9. The van der Waals surface area contributed by atoms with Crippen molar-refractivity contribution in [2.24, 2.45) is 35.5 Å². The number of carbonyl (C=O) groups is 10. The average molecular weight is 1150 g/mol. The van der Waals surface area contributed by atoms with E-state index < -0.39 is 65.5 Å². The SMILES string of the molecule is C=CC(=O)OCCCCOC(=O)C1CCC(C(=O)Cc2ccc(OC(=O)C3CCC(C(=O)Oc4ccc(OC(=O)C5CCC(C(=O)OCCCCOC(=O)C=C)CC5)c(C(=O)OCCOCC)c4)CC3)cc2C(=O)OCCOCC)CC1. The van der Waals surface area contributed by atoms with Crippen molar-refractivity contribution in [2.75, 3.05) is 66.1 Å². The van der Waals surface area contributed by atoms with E-state index in [4.69, 9.17) is 52.1 Å². The third-order valence-electron chi connectivity index (χ3n) is 14.5. The van der Waals surface area contributed by atoms with E-state index in [9.17, 15) is 47.9 Å². The van der Waals surface area contributed by atoms with Gasteiger partial charge in [0.2, 0.25) is 0 Å². The number of hydrogen-bond donors (Lipinski definition) is 0. The summed E-state index contributed by atoms with van der Waals surface area (Å²) >= 11 is 0. The summed E-state index contributed by atoms with van der Waals surface area (Å²) in [6, 6.07) is 8.46. The highest BCUT2D eigenvalue weighted by Crippen LogP contribution is 2.36. The minimum atomic E-state index is -0.842. The molecule has 3 aliphatic carbocycles. The first-order chi connectivity index (χ1) is 39.6. The van der Waals surface area contributed by atoms with Crippen LogP contribution in [0.5, 0.6) is 17.2 Å². The zero-order valence-corrected chi connectivity index (χ0v) is 47.2. The number of ketones is 1. The summed E-state index contributed by atoms with van der Waals surface area (Å²) in [4.78, 5) is 129. The van der Waals surface area contributed by atoms with Crippen molar-refractivity contribution in [3.63, 3.8) is 0 Å². The third-order valence-corrected chi connectivity index (χ3v) is 14.5. The summed E-state index contributed by atoms with van der Waals surface area (Å²) in [7, 11) is 0. The van der Waals surface area contributed by atoms with Crippen LogP contribution in [-0.4, -0.2) is 126 Å². The minimum absolute atomic E-state index is 0.00203. The van der Waals surface area contributed by atoms with Crippen molar-refractivity contribution in [1.29, 1.82) is 0 Å². The molecule has 5 rings (SSSR count). The van der Waals surface area contributed by atoms with Gasteiger partial charge in [0.05, 0.1) is 74.8 Å². The van der Waals surface area contributed by atoms with Crippen LogP contribution in [0.4, 0.5) is 0 Å². The predicted octanol–water partition coefficient (Wildman–Crippen LogP) is 8.13. The maximum atomic E-state index is 13.7. The molecule has 448 valence electrons. The Bertz CT molecular complexity index is 2340. The molecule has 0 N–H and O–H groups in total. The molecular weight excluding hydrogens is 1070 g/mol. The van der Waals surface area contributed by atoms with Gasteiger partial charge in [-0.25, -0.2) is 19.2 Å². The van der Waals surface area contributed by atoms with E-state index in [1.165, 1.54) is 30.3 Å². The molecule has 82 heavy (non-hydrogen) atoms. The molecule has 2 aromatic rings. The summed E-state index contributed by atoms with van der Waals surface area (Å²) in [5, 5.41) is 0. The van der Waals surface area contributed by atoms with Crippen molar-refractivity contribution in [1.82, 2.24) is 0 Å². The highest BCUT2D eigenvalue weighted by Gasteiger charge is 2.36. The van der Waals surface area contributed by atoms with Gasteiger partial charge in [-0.2, -0.15) is 0 Å². The number of carbonyl (C=O) groups excluding carboxylic acids is 10. The summed E-state index contributed by atoms with van der Waals surface area (Å²) in [6.07, 6.45) is 8.61. The number of ether oxygens (including phenoxy) is 11. The second-order valence-electron chi connectivity index (χ2n) is 20.2. The Kier molecular flexibility index (Phi) is 28.4. The molecule has 0 aliphatic heterocycles. The lowest BCUT2D eigenvalue weighted by atomic mass is 9.78. The quantitative estimate of drug-likeness (QED) is 0.0214. The normalized spacial score (nSPS) is 19.4. The average Bonchev–Trinajstić information content (AvgIpc) is 3.58. The van der Waals surface area contributed by atoms with Gasteiger partial charge in [0.1, 0.15) is 41.8 Å². The second-order valence-corrected chi connectivity index (χ2v) is 20.2. The first kappa shape index (κ1) is 65.5. The Hall–Kier alpha value is -7.26. The molecule has 3 saturated carbocycles. The van der Waals surface area contributed by atoms with Gasteiger partial charge in [-0.05, 0) is 152 Å². The number of unbranched alkanes of at least 4 members (excludes halogenated alkanes) is 2. The zero-order chi connectivity index (χ0) is 59.2. The molecule has 21 nitrogen and oxygen atoms in total. The maximum Gasteiger partial charge on any atom is 0.342 e. The van der Waals surface area contributed by atoms with Crippen LogP contribution < -0.4 is 14.2 Å². The third kappa shape index (κ3) is 21.9. The molecule has 2 aromatic carbocycles. The molecule has 0 aromatic heterocycles. The van der Waals surface area contributed by atoms with Crippen LogP contribution in [0, 0.1) is 35.5 Å². The monoisotopic (exact) mass is 1150 g/mol. The second kappa shape index (κ2) is 35.6. The van der Waals surface area contributed by atoms with Crippen molar-refractivity contribution < 1.29 is 100 Å². The maximum absolute atomic E-state index is 13.7. The molecule has 0 spiro atoms. The van der Waals surface area contributed by atoms with Crippen molar-refractivity contribution in [3.05, 3.63) is 78.4 Å². The van der Waals surface area contributed by atoms with Gasteiger partial charge in [0.15, 0.2) is 0 Å². The Labute approximate surface area is 478 Å². The number of hydrogen-bond acceptors (Lipinski definition) is 21. The van der Waals surface area contributed by atoms with Crippen molar-refractivity contribution in [3.8, 4) is 17.2 Å². The molecule has 0 radical (unpaired) electrons. The molecule has 0 atom stereocenters. The molecule has 0 heterocycles. The number of benzene rings is 2. The van der Waals surface area contributed by atoms with Gasteiger partial charge in [-0.3, -0.25) is 28.8 Å². The highest BCUT2D eigenvalue weighted by molar-refractivity contribution is 5.95. The van der Waals surface area contributed by atoms with Crippen LogP contribution in [0.25, 0.3) is 0 Å². The van der Waals surface area contributed by atoms with Crippen LogP contribution in [0.15, 0.2) is 61.7 Å². The topological polar surface area (TPSA) is 272 Å². The molecule has 0 bridgehead atoms. The first-order valence-corrected chi connectivity index (χ1v) is 28.5. The van der Waals surface area contributed by atoms with E-state index >= 15 is 0 Å². The predicted molar refractivity (Wildman–Crippen MR) is 291 cm³/mol. The Morgan fingerprint density at radius 3 is 1.21 bits per heavy atom. The zero-order valence-electron chi connectivity index (χ0n) is 47.2. The van der Waals surface area contributed by atoms with Crippen molar-refractivity contribution >= 4 is 59.5 Å². The fourth-order valence-electron chi connectivity index (χ4n) is 9.77. The fraction of sp³-hybridized carbons (Fsp3) is 0.574. The molecule has 0 unspecified atom stereocenters. The smallest absolute Gasteiger partial charge is 0.342 e. The van der Waals surface area contributed by atoms with Crippen LogP contribution in [0.2, 0.25) is 0 Å². The van der Waals surface area contributed by atoms with E-state index in [1.54, 1.807) is 19.9 Å².